The smallest absolute Gasteiger partial charge is 0.418 e. The number of rotatable bonds is 4. The SMILES string of the molecule is CN(SN1CCC(Cc2ccccc2)CC1)C(=O)O. The van der Waals surface area contributed by atoms with Crippen molar-refractivity contribution in [2.45, 2.75) is 19.3 Å². The zero-order valence-corrected chi connectivity index (χ0v) is 12.0. The molecule has 0 radical (unpaired) electrons. The number of piperidine rings is 1. The van der Waals surface area contributed by atoms with Gasteiger partial charge in [-0.3, -0.25) is 0 Å². The highest BCUT2D eigenvalue weighted by atomic mass is 32.2. The van der Waals surface area contributed by atoms with Crippen molar-refractivity contribution in [3.8, 4) is 0 Å². The van der Waals surface area contributed by atoms with Gasteiger partial charge in [-0.25, -0.2) is 13.4 Å². The molecule has 2 rings (SSSR count). The Bertz CT molecular complexity index is 405. The molecule has 0 unspecified atom stereocenters. The monoisotopic (exact) mass is 280 g/mol. The molecule has 0 spiro atoms. The second-order valence-corrected chi connectivity index (χ2v) is 6.15. The van der Waals surface area contributed by atoms with Crippen molar-refractivity contribution < 1.29 is 9.90 Å². The van der Waals surface area contributed by atoms with E-state index in [0.717, 1.165) is 38.3 Å². The Morgan fingerprint density at radius 1 is 1.37 bits per heavy atom. The number of benzene rings is 1. The van der Waals surface area contributed by atoms with Gasteiger partial charge in [0, 0.05) is 32.3 Å². The van der Waals surface area contributed by atoms with Crippen LogP contribution in [-0.4, -0.2) is 39.9 Å². The highest BCUT2D eigenvalue weighted by Gasteiger charge is 2.22. The van der Waals surface area contributed by atoms with E-state index in [-0.39, 0.29) is 0 Å². The molecule has 0 saturated carbocycles. The molecule has 104 valence electrons. The van der Waals surface area contributed by atoms with Gasteiger partial charge in [0.25, 0.3) is 0 Å². The quantitative estimate of drug-likeness (QED) is 0.861. The van der Waals surface area contributed by atoms with Gasteiger partial charge in [0.15, 0.2) is 0 Å². The lowest BCUT2D eigenvalue weighted by atomic mass is 9.91. The summed E-state index contributed by atoms with van der Waals surface area (Å²) in [6.07, 6.45) is 2.51. The van der Waals surface area contributed by atoms with Gasteiger partial charge < -0.3 is 5.11 Å². The lowest BCUT2D eigenvalue weighted by Gasteiger charge is -2.32. The van der Waals surface area contributed by atoms with Crippen LogP contribution in [0.4, 0.5) is 4.79 Å². The molecule has 19 heavy (non-hydrogen) atoms. The molecule has 1 aliphatic rings. The molecule has 0 aromatic heterocycles. The average Bonchev–Trinajstić information content (AvgIpc) is 2.42. The van der Waals surface area contributed by atoms with Gasteiger partial charge in [-0.05, 0) is 30.7 Å². The van der Waals surface area contributed by atoms with E-state index in [9.17, 15) is 4.79 Å². The summed E-state index contributed by atoms with van der Waals surface area (Å²) in [4.78, 5) is 10.8. The Labute approximate surface area is 118 Å². The van der Waals surface area contributed by atoms with E-state index in [1.54, 1.807) is 7.05 Å². The number of hydrogen-bond acceptors (Lipinski definition) is 3. The highest BCUT2D eigenvalue weighted by Crippen LogP contribution is 2.26. The third-order valence-electron chi connectivity index (χ3n) is 3.45. The second-order valence-electron chi connectivity index (χ2n) is 4.92. The third kappa shape index (κ3) is 4.44. The van der Waals surface area contributed by atoms with Crippen LogP contribution in [0.3, 0.4) is 0 Å². The Morgan fingerprint density at radius 2 is 2.00 bits per heavy atom. The predicted molar refractivity (Wildman–Crippen MR) is 77.8 cm³/mol. The first-order valence-electron chi connectivity index (χ1n) is 6.59. The van der Waals surface area contributed by atoms with Gasteiger partial charge in [0.1, 0.15) is 0 Å². The van der Waals surface area contributed by atoms with Crippen LogP contribution in [0, 0.1) is 5.92 Å². The Morgan fingerprint density at radius 3 is 2.58 bits per heavy atom. The normalized spacial score (nSPS) is 17.3. The lowest BCUT2D eigenvalue weighted by molar-refractivity contribution is 0.179. The van der Waals surface area contributed by atoms with E-state index in [2.05, 4.69) is 28.6 Å². The number of nitrogens with zero attached hydrogens (tertiary/aromatic N) is 2. The van der Waals surface area contributed by atoms with Crippen molar-refractivity contribution in [2.75, 3.05) is 20.1 Å². The fraction of sp³-hybridized carbons (Fsp3) is 0.500. The maximum atomic E-state index is 10.8. The lowest BCUT2D eigenvalue weighted by Crippen LogP contribution is -2.33. The molecular weight excluding hydrogens is 260 g/mol. The zero-order chi connectivity index (χ0) is 13.7. The number of amides is 1. The van der Waals surface area contributed by atoms with Gasteiger partial charge in [0.2, 0.25) is 0 Å². The van der Waals surface area contributed by atoms with E-state index < -0.39 is 6.09 Å². The van der Waals surface area contributed by atoms with E-state index in [1.165, 1.54) is 22.0 Å². The summed E-state index contributed by atoms with van der Waals surface area (Å²) >= 11 is 1.30. The highest BCUT2D eigenvalue weighted by molar-refractivity contribution is 7.95. The minimum atomic E-state index is -0.892. The maximum absolute atomic E-state index is 10.8. The van der Waals surface area contributed by atoms with Crippen LogP contribution in [-0.2, 0) is 6.42 Å². The van der Waals surface area contributed by atoms with Crippen molar-refractivity contribution in [3.63, 3.8) is 0 Å². The van der Waals surface area contributed by atoms with E-state index >= 15 is 0 Å². The molecule has 1 heterocycles. The van der Waals surface area contributed by atoms with Crippen molar-refractivity contribution in [2.24, 2.45) is 5.92 Å². The Hall–Kier alpha value is -1.20. The van der Waals surface area contributed by atoms with Gasteiger partial charge in [-0.15, -0.1) is 0 Å². The Kier molecular flexibility index (Phi) is 5.10. The molecule has 1 aliphatic heterocycles. The zero-order valence-electron chi connectivity index (χ0n) is 11.2. The summed E-state index contributed by atoms with van der Waals surface area (Å²) in [5, 5.41) is 8.84. The fourth-order valence-corrected chi connectivity index (χ4v) is 3.14. The fourth-order valence-electron chi connectivity index (χ4n) is 2.35. The average molecular weight is 280 g/mol. The summed E-state index contributed by atoms with van der Waals surface area (Å²) in [6.45, 7) is 1.92. The van der Waals surface area contributed by atoms with Crippen LogP contribution in [0.1, 0.15) is 18.4 Å². The number of carbonyl (C=O) groups is 1. The number of carboxylic acid groups (broad SMARTS) is 1. The first kappa shape index (κ1) is 14.2. The second kappa shape index (κ2) is 6.82. The van der Waals surface area contributed by atoms with E-state index in [4.69, 9.17) is 5.11 Å². The van der Waals surface area contributed by atoms with Gasteiger partial charge >= 0.3 is 6.09 Å². The van der Waals surface area contributed by atoms with Gasteiger partial charge in [-0.1, -0.05) is 30.3 Å². The van der Waals surface area contributed by atoms with Crippen molar-refractivity contribution >= 4 is 18.2 Å². The first-order chi connectivity index (χ1) is 9.15. The van der Waals surface area contributed by atoms with Crippen LogP contribution in [0.5, 0.6) is 0 Å². The van der Waals surface area contributed by atoms with Crippen LogP contribution < -0.4 is 0 Å². The molecular formula is C14H20N2O2S. The minimum absolute atomic E-state index is 0.717. The first-order valence-corrected chi connectivity index (χ1v) is 7.32. The molecule has 1 aromatic carbocycles. The van der Waals surface area contributed by atoms with Gasteiger partial charge in [-0.2, -0.15) is 0 Å². The van der Waals surface area contributed by atoms with Crippen molar-refractivity contribution in [3.05, 3.63) is 35.9 Å². The molecule has 1 aromatic rings. The molecule has 5 heteroatoms. The minimum Gasteiger partial charge on any atom is -0.464 e. The number of hydrogen-bond donors (Lipinski definition) is 1. The molecule has 0 aliphatic carbocycles. The molecule has 1 amide bonds. The van der Waals surface area contributed by atoms with Crippen molar-refractivity contribution in [1.29, 1.82) is 0 Å². The summed E-state index contributed by atoms with van der Waals surface area (Å²) in [5.41, 5.74) is 1.40. The molecule has 4 nitrogen and oxygen atoms in total. The molecule has 0 bridgehead atoms. The molecule has 0 atom stereocenters. The summed E-state index contributed by atoms with van der Waals surface area (Å²) in [6, 6.07) is 10.6. The molecule has 1 N–H and O–H groups in total. The topological polar surface area (TPSA) is 43.8 Å². The standard InChI is InChI=1S/C14H20N2O2S/c1-15(14(17)18)19-16-9-7-13(8-10-16)11-12-5-3-2-4-6-12/h2-6,13H,7-11H2,1H3,(H,17,18). The summed E-state index contributed by atoms with van der Waals surface area (Å²) < 4.78 is 3.40. The molecule has 1 saturated heterocycles. The summed E-state index contributed by atoms with van der Waals surface area (Å²) in [5.74, 6) is 0.717. The van der Waals surface area contributed by atoms with Crippen molar-refractivity contribution in [1.82, 2.24) is 8.61 Å². The van der Waals surface area contributed by atoms with Crippen LogP contribution >= 0.6 is 12.1 Å². The van der Waals surface area contributed by atoms with Crippen LogP contribution in [0.15, 0.2) is 30.3 Å². The largest absolute Gasteiger partial charge is 0.464 e. The van der Waals surface area contributed by atoms with E-state index in [0.29, 0.717) is 0 Å². The van der Waals surface area contributed by atoms with Crippen LogP contribution in [0.2, 0.25) is 0 Å². The predicted octanol–water partition coefficient (Wildman–Crippen LogP) is 3.11. The third-order valence-corrected chi connectivity index (χ3v) is 4.45. The summed E-state index contributed by atoms with van der Waals surface area (Å²) in [7, 11) is 1.59. The van der Waals surface area contributed by atoms with E-state index in [1.807, 2.05) is 6.07 Å². The maximum Gasteiger partial charge on any atom is 0.418 e. The van der Waals surface area contributed by atoms with Gasteiger partial charge in [0.05, 0.1) is 0 Å². The Balaban J connectivity index is 1.75. The van der Waals surface area contributed by atoms with Crippen LogP contribution in [0.25, 0.3) is 0 Å². The molecule has 1 fully saturated rings.